The number of rotatable bonds is 6. The van der Waals surface area contributed by atoms with E-state index in [2.05, 4.69) is 28.9 Å². The number of ether oxygens (including phenoxy) is 1. The highest BCUT2D eigenvalue weighted by Gasteiger charge is 2.27. The van der Waals surface area contributed by atoms with Crippen LogP contribution in [0, 0.1) is 13.8 Å². The molecule has 1 amide bonds. The highest BCUT2D eigenvalue weighted by molar-refractivity contribution is 5.76. The Hall–Kier alpha value is -2.84. The second kappa shape index (κ2) is 9.57. The number of aryl methyl sites for hydroxylation is 2. The summed E-state index contributed by atoms with van der Waals surface area (Å²) in [6, 6.07) is 6.27. The molecule has 174 valence electrons. The minimum absolute atomic E-state index is 0.193. The Kier molecular flexibility index (Phi) is 6.37. The number of hydrogen-bond acceptors (Lipinski definition) is 6. The van der Waals surface area contributed by atoms with Crippen LogP contribution >= 0.6 is 0 Å². The average molecular weight is 449 g/mol. The third-order valence-corrected chi connectivity index (χ3v) is 6.96. The van der Waals surface area contributed by atoms with Crippen molar-refractivity contribution >= 4 is 11.6 Å². The Labute approximate surface area is 194 Å². The molecular formula is C25H32N6O2. The summed E-state index contributed by atoms with van der Waals surface area (Å²) in [6.45, 7) is 9.77. The van der Waals surface area contributed by atoms with Crippen molar-refractivity contribution < 1.29 is 9.53 Å². The van der Waals surface area contributed by atoms with Crippen LogP contribution in [-0.2, 0) is 22.5 Å². The molecule has 0 aromatic carbocycles. The molecule has 0 bridgehead atoms. The van der Waals surface area contributed by atoms with E-state index >= 15 is 0 Å². The Balaban J connectivity index is 1.28. The normalized spacial score (nSPS) is 19.5. The Morgan fingerprint density at radius 2 is 2.06 bits per heavy atom. The standard InChI is InChI=1S/C25H32N6O2/c1-18-22(5-6-25(32)30-10-12-33-13-11-30)19(2)31-24(27-18)14-23(28-31)21-7-9-29(17-21)16-20-4-3-8-26-15-20/h3-4,8,14-15,21H,5-7,9-13,16-17H2,1-2H3. The number of fused-ring (bicyclic) bond motifs is 1. The molecule has 1 atom stereocenters. The molecule has 5 heterocycles. The lowest BCUT2D eigenvalue weighted by Crippen LogP contribution is -2.40. The molecule has 2 saturated heterocycles. The number of amides is 1. The maximum Gasteiger partial charge on any atom is 0.223 e. The molecule has 2 aliphatic heterocycles. The summed E-state index contributed by atoms with van der Waals surface area (Å²) < 4.78 is 7.33. The zero-order chi connectivity index (χ0) is 22.8. The zero-order valence-electron chi connectivity index (χ0n) is 19.5. The molecule has 8 nitrogen and oxygen atoms in total. The van der Waals surface area contributed by atoms with Gasteiger partial charge in [0.15, 0.2) is 5.65 Å². The fourth-order valence-corrected chi connectivity index (χ4v) is 5.08. The first-order valence-electron chi connectivity index (χ1n) is 11.9. The first-order valence-corrected chi connectivity index (χ1v) is 11.9. The van der Waals surface area contributed by atoms with Gasteiger partial charge in [0.1, 0.15) is 0 Å². The fourth-order valence-electron chi connectivity index (χ4n) is 5.08. The molecule has 33 heavy (non-hydrogen) atoms. The summed E-state index contributed by atoms with van der Waals surface area (Å²) in [5.41, 5.74) is 6.46. The van der Waals surface area contributed by atoms with Gasteiger partial charge in [0.25, 0.3) is 0 Å². The second-order valence-corrected chi connectivity index (χ2v) is 9.18. The van der Waals surface area contributed by atoms with Gasteiger partial charge in [0, 0.05) is 68.4 Å². The molecule has 2 aliphatic rings. The summed E-state index contributed by atoms with van der Waals surface area (Å²) in [6.07, 6.45) is 6.04. The van der Waals surface area contributed by atoms with E-state index in [1.54, 1.807) is 0 Å². The minimum atomic E-state index is 0.193. The van der Waals surface area contributed by atoms with Crippen LogP contribution in [0.25, 0.3) is 5.65 Å². The third kappa shape index (κ3) is 4.77. The minimum Gasteiger partial charge on any atom is -0.378 e. The van der Waals surface area contributed by atoms with Crippen LogP contribution in [0.2, 0.25) is 0 Å². The number of likely N-dealkylation sites (tertiary alicyclic amines) is 1. The summed E-state index contributed by atoms with van der Waals surface area (Å²) in [5.74, 6) is 0.604. The smallest absolute Gasteiger partial charge is 0.223 e. The Morgan fingerprint density at radius 3 is 2.85 bits per heavy atom. The van der Waals surface area contributed by atoms with E-state index in [1.807, 2.05) is 34.8 Å². The van der Waals surface area contributed by atoms with Gasteiger partial charge >= 0.3 is 0 Å². The molecule has 0 saturated carbocycles. The summed E-state index contributed by atoms with van der Waals surface area (Å²) in [5, 5.41) is 4.96. The summed E-state index contributed by atoms with van der Waals surface area (Å²) in [7, 11) is 0. The monoisotopic (exact) mass is 448 g/mol. The average Bonchev–Trinajstić information content (AvgIpc) is 3.47. The lowest BCUT2D eigenvalue weighted by molar-refractivity contribution is -0.135. The van der Waals surface area contributed by atoms with Crippen LogP contribution in [0.15, 0.2) is 30.6 Å². The van der Waals surface area contributed by atoms with E-state index in [9.17, 15) is 4.79 Å². The van der Waals surface area contributed by atoms with Crippen LogP contribution in [-0.4, -0.2) is 74.7 Å². The summed E-state index contributed by atoms with van der Waals surface area (Å²) >= 11 is 0. The number of nitrogens with zero attached hydrogens (tertiary/aromatic N) is 6. The van der Waals surface area contributed by atoms with Crippen molar-refractivity contribution in [1.29, 1.82) is 0 Å². The maximum absolute atomic E-state index is 12.6. The van der Waals surface area contributed by atoms with Crippen LogP contribution < -0.4 is 0 Å². The molecule has 5 rings (SSSR count). The molecule has 0 aliphatic carbocycles. The largest absolute Gasteiger partial charge is 0.378 e. The van der Waals surface area contributed by atoms with Gasteiger partial charge < -0.3 is 9.64 Å². The van der Waals surface area contributed by atoms with Crippen molar-refractivity contribution in [3.8, 4) is 0 Å². The lowest BCUT2D eigenvalue weighted by Gasteiger charge is -2.27. The molecule has 0 N–H and O–H groups in total. The van der Waals surface area contributed by atoms with Gasteiger partial charge in [-0.1, -0.05) is 6.07 Å². The molecule has 2 fully saturated rings. The van der Waals surface area contributed by atoms with Crippen molar-refractivity contribution in [3.05, 3.63) is 58.8 Å². The van der Waals surface area contributed by atoms with Gasteiger partial charge in [0.2, 0.25) is 5.91 Å². The maximum atomic E-state index is 12.6. The van der Waals surface area contributed by atoms with Gasteiger partial charge in [-0.3, -0.25) is 14.7 Å². The highest BCUT2D eigenvalue weighted by atomic mass is 16.5. The predicted molar refractivity (Wildman–Crippen MR) is 125 cm³/mol. The lowest BCUT2D eigenvalue weighted by atomic mass is 10.1. The van der Waals surface area contributed by atoms with E-state index in [4.69, 9.17) is 14.8 Å². The quantitative estimate of drug-likeness (QED) is 0.577. The van der Waals surface area contributed by atoms with Gasteiger partial charge in [-0.15, -0.1) is 0 Å². The third-order valence-electron chi connectivity index (χ3n) is 6.96. The van der Waals surface area contributed by atoms with E-state index < -0.39 is 0 Å². The predicted octanol–water partition coefficient (Wildman–Crippen LogP) is 2.52. The van der Waals surface area contributed by atoms with Crippen molar-refractivity contribution in [2.75, 3.05) is 39.4 Å². The molecule has 0 radical (unpaired) electrons. The van der Waals surface area contributed by atoms with Crippen LogP contribution in [0.3, 0.4) is 0 Å². The SMILES string of the molecule is Cc1nc2cc(C3CCN(Cc4cccnc4)C3)nn2c(C)c1CCC(=O)N1CCOCC1. The number of aromatic nitrogens is 4. The molecule has 3 aromatic heterocycles. The number of pyridine rings is 1. The van der Waals surface area contributed by atoms with Gasteiger partial charge in [-0.2, -0.15) is 5.10 Å². The first kappa shape index (κ1) is 22.0. The number of morpholine rings is 1. The van der Waals surface area contributed by atoms with Crippen molar-refractivity contribution in [2.24, 2.45) is 0 Å². The number of hydrogen-bond donors (Lipinski definition) is 0. The van der Waals surface area contributed by atoms with Crippen molar-refractivity contribution in [2.45, 2.75) is 45.6 Å². The summed E-state index contributed by atoms with van der Waals surface area (Å²) in [4.78, 5) is 26.1. The van der Waals surface area contributed by atoms with E-state index in [0.29, 0.717) is 45.1 Å². The molecule has 0 spiro atoms. The second-order valence-electron chi connectivity index (χ2n) is 9.18. The fraction of sp³-hybridized carbons (Fsp3) is 0.520. The Morgan fingerprint density at radius 1 is 1.21 bits per heavy atom. The Bertz CT molecular complexity index is 1120. The number of carbonyl (C=O) groups excluding carboxylic acids is 1. The van der Waals surface area contributed by atoms with Crippen molar-refractivity contribution in [1.82, 2.24) is 29.4 Å². The van der Waals surface area contributed by atoms with Gasteiger partial charge in [-0.25, -0.2) is 9.50 Å². The topological polar surface area (TPSA) is 75.9 Å². The van der Waals surface area contributed by atoms with Crippen LogP contribution in [0.4, 0.5) is 0 Å². The zero-order valence-corrected chi connectivity index (χ0v) is 19.5. The highest BCUT2D eigenvalue weighted by Crippen LogP contribution is 2.29. The molecule has 3 aromatic rings. The van der Waals surface area contributed by atoms with E-state index in [-0.39, 0.29) is 5.91 Å². The molecule has 8 heteroatoms. The van der Waals surface area contributed by atoms with Crippen LogP contribution in [0.5, 0.6) is 0 Å². The van der Waals surface area contributed by atoms with Crippen LogP contribution in [0.1, 0.15) is 47.0 Å². The van der Waals surface area contributed by atoms with Gasteiger partial charge in [0.05, 0.1) is 18.9 Å². The molecular weight excluding hydrogens is 416 g/mol. The van der Waals surface area contributed by atoms with Gasteiger partial charge in [-0.05, 0) is 50.4 Å². The van der Waals surface area contributed by atoms with Crippen molar-refractivity contribution in [3.63, 3.8) is 0 Å². The number of carbonyl (C=O) groups is 1. The van der Waals surface area contributed by atoms with E-state index in [1.165, 1.54) is 5.56 Å². The first-order chi connectivity index (χ1) is 16.1. The molecule has 1 unspecified atom stereocenters. The van der Waals surface area contributed by atoms with E-state index in [0.717, 1.165) is 54.3 Å².